The summed E-state index contributed by atoms with van der Waals surface area (Å²) >= 11 is 0. The molecule has 0 radical (unpaired) electrons. The summed E-state index contributed by atoms with van der Waals surface area (Å²) in [6.45, 7) is 2.66. The van der Waals surface area contributed by atoms with E-state index in [1.165, 1.54) is 5.56 Å². The molecule has 0 bridgehead atoms. The minimum absolute atomic E-state index is 0.608. The van der Waals surface area contributed by atoms with Crippen LogP contribution in [-0.2, 0) is 6.42 Å². The molecule has 0 saturated carbocycles. The molecule has 96 valence electrons. The van der Waals surface area contributed by atoms with Gasteiger partial charge in [-0.3, -0.25) is 4.98 Å². The number of pyridine rings is 1. The van der Waals surface area contributed by atoms with E-state index >= 15 is 0 Å². The maximum Gasteiger partial charge on any atom is 0.119 e. The molecule has 0 amide bonds. The summed E-state index contributed by atoms with van der Waals surface area (Å²) in [6.07, 6.45) is 4.28. The largest absolute Gasteiger partial charge is 0.493 e. The number of hydrogen-bond donors (Lipinski definition) is 1. The molecule has 0 fully saturated rings. The zero-order chi connectivity index (χ0) is 13.1. The van der Waals surface area contributed by atoms with Gasteiger partial charge in [-0.05, 0) is 30.7 Å². The molecule has 0 aliphatic rings. The van der Waals surface area contributed by atoms with Gasteiger partial charge < -0.3 is 9.72 Å². The van der Waals surface area contributed by atoms with Gasteiger partial charge in [0.25, 0.3) is 0 Å². The fraction of sp³-hybridized carbons (Fsp3) is 0.200. The Hall–Kier alpha value is -2.36. The van der Waals surface area contributed by atoms with Gasteiger partial charge in [-0.15, -0.1) is 0 Å². The first kappa shape index (κ1) is 11.7. The molecule has 0 unspecified atom stereocenters. The minimum atomic E-state index is 0.608. The highest BCUT2D eigenvalue weighted by atomic mass is 16.5. The van der Waals surface area contributed by atoms with E-state index in [0.717, 1.165) is 29.0 Å². The van der Waals surface area contributed by atoms with Crippen LogP contribution in [0.4, 0.5) is 0 Å². The molecular weight excluding hydrogens is 238 g/mol. The van der Waals surface area contributed by atoms with Gasteiger partial charge >= 0.3 is 0 Å². The molecule has 19 heavy (non-hydrogen) atoms. The van der Waals surface area contributed by atoms with Crippen LogP contribution in [0.5, 0.6) is 5.75 Å². The fourth-order valence-corrected chi connectivity index (χ4v) is 2.00. The van der Waals surface area contributed by atoms with E-state index in [-0.39, 0.29) is 0 Å². The first-order valence-corrected chi connectivity index (χ1v) is 6.29. The van der Waals surface area contributed by atoms with Crippen molar-refractivity contribution in [3.63, 3.8) is 0 Å². The second kappa shape index (κ2) is 5.10. The van der Waals surface area contributed by atoms with Crippen LogP contribution in [-0.4, -0.2) is 21.6 Å². The first-order valence-electron chi connectivity index (χ1n) is 6.29. The van der Waals surface area contributed by atoms with E-state index in [0.29, 0.717) is 6.61 Å². The number of aromatic nitrogens is 3. The molecule has 2 heterocycles. The van der Waals surface area contributed by atoms with Gasteiger partial charge in [0.2, 0.25) is 0 Å². The molecule has 2 aromatic heterocycles. The van der Waals surface area contributed by atoms with E-state index in [9.17, 15) is 0 Å². The molecule has 4 heteroatoms. The van der Waals surface area contributed by atoms with Gasteiger partial charge in [-0.25, -0.2) is 4.98 Å². The summed E-state index contributed by atoms with van der Waals surface area (Å²) in [5, 5.41) is 0. The van der Waals surface area contributed by atoms with E-state index < -0.39 is 0 Å². The third-order valence-corrected chi connectivity index (χ3v) is 2.93. The van der Waals surface area contributed by atoms with Crippen molar-refractivity contribution in [1.29, 1.82) is 0 Å². The lowest BCUT2D eigenvalue weighted by Crippen LogP contribution is -2.02. The summed E-state index contributed by atoms with van der Waals surface area (Å²) in [6, 6.07) is 9.95. The summed E-state index contributed by atoms with van der Waals surface area (Å²) in [5.41, 5.74) is 3.11. The molecule has 0 spiro atoms. The van der Waals surface area contributed by atoms with E-state index in [1.54, 1.807) is 12.4 Å². The predicted molar refractivity (Wildman–Crippen MR) is 74.3 cm³/mol. The quantitative estimate of drug-likeness (QED) is 0.777. The molecule has 4 nitrogen and oxygen atoms in total. The molecule has 0 atom stereocenters. The number of aryl methyl sites for hydroxylation is 1. The number of ether oxygens (including phenoxy) is 1. The molecule has 0 saturated heterocycles. The summed E-state index contributed by atoms with van der Waals surface area (Å²) in [7, 11) is 0. The number of benzene rings is 1. The smallest absolute Gasteiger partial charge is 0.119 e. The SMILES string of the molecule is Cc1cccc(OCCc2nc3ccncc3[nH]2)c1. The van der Waals surface area contributed by atoms with Crippen molar-refractivity contribution in [2.75, 3.05) is 6.61 Å². The normalized spacial score (nSPS) is 10.8. The lowest BCUT2D eigenvalue weighted by molar-refractivity contribution is 0.319. The molecule has 3 aromatic rings. The third-order valence-electron chi connectivity index (χ3n) is 2.93. The lowest BCUT2D eigenvalue weighted by Gasteiger charge is -2.05. The number of imidazole rings is 1. The molecule has 0 aliphatic carbocycles. The number of nitrogens with zero attached hydrogens (tertiary/aromatic N) is 2. The van der Waals surface area contributed by atoms with Gasteiger partial charge in [-0.2, -0.15) is 0 Å². The lowest BCUT2D eigenvalue weighted by atomic mass is 10.2. The second-order valence-electron chi connectivity index (χ2n) is 4.49. The monoisotopic (exact) mass is 253 g/mol. The maximum atomic E-state index is 5.71. The number of aromatic amines is 1. The summed E-state index contributed by atoms with van der Waals surface area (Å²) in [4.78, 5) is 11.8. The maximum absolute atomic E-state index is 5.71. The van der Waals surface area contributed by atoms with E-state index in [1.807, 2.05) is 24.3 Å². The van der Waals surface area contributed by atoms with Crippen molar-refractivity contribution in [2.24, 2.45) is 0 Å². The molecule has 0 aliphatic heterocycles. The molecular formula is C15H15N3O. The fourth-order valence-electron chi connectivity index (χ4n) is 2.00. The van der Waals surface area contributed by atoms with E-state index in [4.69, 9.17) is 4.74 Å². The van der Waals surface area contributed by atoms with Crippen molar-refractivity contribution in [2.45, 2.75) is 13.3 Å². The predicted octanol–water partition coefficient (Wildman–Crippen LogP) is 2.89. The number of fused-ring (bicyclic) bond motifs is 1. The van der Waals surface area contributed by atoms with Crippen LogP contribution >= 0.6 is 0 Å². The highest BCUT2D eigenvalue weighted by Crippen LogP contribution is 2.13. The highest BCUT2D eigenvalue weighted by molar-refractivity contribution is 5.73. The van der Waals surface area contributed by atoms with Crippen molar-refractivity contribution < 1.29 is 4.74 Å². The molecule has 3 rings (SSSR count). The zero-order valence-electron chi connectivity index (χ0n) is 10.8. The Morgan fingerprint density at radius 3 is 3.05 bits per heavy atom. The van der Waals surface area contributed by atoms with Gasteiger partial charge in [0.1, 0.15) is 11.6 Å². The number of nitrogens with one attached hydrogen (secondary N) is 1. The van der Waals surface area contributed by atoms with Crippen LogP contribution in [0.2, 0.25) is 0 Å². The van der Waals surface area contributed by atoms with Gasteiger partial charge in [0, 0.05) is 12.6 Å². The van der Waals surface area contributed by atoms with Crippen LogP contribution in [0, 0.1) is 6.92 Å². The average Bonchev–Trinajstić information content (AvgIpc) is 2.81. The number of rotatable bonds is 4. The Kier molecular flexibility index (Phi) is 3.14. The van der Waals surface area contributed by atoms with Gasteiger partial charge in [0.15, 0.2) is 0 Å². The van der Waals surface area contributed by atoms with Crippen LogP contribution in [0.15, 0.2) is 42.7 Å². The van der Waals surface area contributed by atoms with Crippen LogP contribution in [0.3, 0.4) is 0 Å². The van der Waals surface area contributed by atoms with Crippen LogP contribution in [0.25, 0.3) is 11.0 Å². The summed E-state index contributed by atoms with van der Waals surface area (Å²) < 4.78 is 5.71. The zero-order valence-corrected chi connectivity index (χ0v) is 10.8. The van der Waals surface area contributed by atoms with Crippen molar-refractivity contribution in [3.05, 3.63) is 54.1 Å². The Morgan fingerprint density at radius 1 is 1.26 bits per heavy atom. The Balaban J connectivity index is 1.63. The van der Waals surface area contributed by atoms with Gasteiger partial charge in [-0.1, -0.05) is 12.1 Å². The standard InChI is InChI=1S/C15H15N3O/c1-11-3-2-4-12(9-11)19-8-6-15-17-13-5-7-16-10-14(13)18-15/h2-5,7,9-10H,6,8H2,1H3,(H,17,18). The molecule has 1 N–H and O–H groups in total. The van der Waals surface area contributed by atoms with E-state index in [2.05, 4.69) is 27.9 Å². The highest BCUT2D eigenvalue weighted by Gasteiger charge is 2.02. The minimum Gasteiger partial charge on any atom is -0.493 e. The average molecular weight is 253 g/mol. The number of hydrogen-bond acceptors (Lipinski definition) is 3. The Labute approximate surface area is 111 Å². The van der Waals surface area contributed by atoms with Gasteiger partial charge in [0.05, 0.1) is 23.8 Å². The second-order valence-corrected chi connectivity index (χ2v) is 4.49. The van der Waals surface area contributed by atoms with Crippen molar-refractivity contribution >= 4 is 11.0 Å². The van der Waals surface area contributed by atoms with Crippen LogP contribution in [0.1, 0.15) is 11.4 Å². The topological polar surface area (TPSA) is 50.8 Å². The Morgan fingerprint density at radius 2 is 2.21 bits per heavy atom. The van der Waals surface area contributed by atoms with Crippen LogP contribution < -0.4 is 4.74 Å². The first-order chi connectivity index (χ1) is 9.31. The summed E-state index contributed by atoms with van der Waals surface area (Å²) in [5.74, 6) is 1.83. The van der Waals surface area contributed by atoms with Crippen molar-refractivity contribution in [3.8, 4) is 5.75 Å². The third kappa shape index (κ3) is 2.73. The van der Waals surface area contributed by atoms with Crippen molar-refractivity contribution in [1.82, 2.24) is 15.0 Å². The molecule has 1 aromatic carbocycles. The Bertz CT molecular complexity index is 657. The number of H-pyrrole nitrogens is 1.